The average molecular weight is 235 g/mol. The highest BCUT2D eigenvalue weighted by Gasteiger charge is 2.46. The normalized spacial score (nSPS) is 13.4. The number of carbonyl (C=O) groups excluding carboxylic acids is 1. The Bertz CT molecular complexity index is 205. The van der Waals surface area contributed by atoms with Gasteiger partial charge in [-0.05, 0) is 0 Å². The molecule has 0 saturated heterocycles. The van der Waals surface area contributed by atoms with E-state index in [1.807, 2.05) is 0 Å². The van der Waals surface area contributed by atoms with Gasteiger partial charge in [-0.1, -0.05) is 27.7 Å². The molecule has 0 aliphatic heterocycles. The molecule has 2 nitrogen and oxygen atoms in total. The zero-order valence-electron chi connectivity index (χ0n) is 8.82. The third-order valence-electron chi connectivity index (χ3n) is 2.21. The van der Waals surface area contributed by atoms with Crippen LogP contribution in [0.15, 0.2) is 0 Å². The summed E-state index contributed by atoms with van der Waals surface area (Å²) in [6.45, 7) is 6.40. The van der Waals surface area contributed by atoms with E-state index in [4.69, 9.17) is 5.73 Å². The molecule has 0 fully saturated rings. The zero-order chi connectivity index (χ0) is 11.6. The average Bonchev–Trinajstić information content (AvgIpc) is 2.02. The van der Waals surface area contributed by atoms with E-state index in [2.05, 4.69) is 0 Å². The van der Waals surface area contributed by atoms with Gasteiger partial charge in [-0.2, -0.15) is 0 Å². The molecule has 0 aliphatic carbocycles. The van der Waals surface area contributed by atoms with Crippen molar-refractivity contribution in [2.24, 2.45) is 11.7 Å². The topological polar surface area (TPSA) is 43.1 Å². The highest BCUT2D eigenvalue weighted by atomic mass is 28.3. The summed E-state index contributed by atoms with van der Waals surface area (Å²) in [4.78, 5) is 11.2. The Kier molecular flexibility index (Phi) is 4.45. The van der Waals surface area contributed by atoms with E-state index >= 15 is 0 Å². The van der Waals surface area contributed by atoms with Crippen molar-refractivity contribution < 1.29 is 13.0 Å². The molecule has 0 aromatic heterocycles. The molecule has 6 heteroatoms. The van der Waals surface area contributed by atoms with E-state index in [-0.39, 0.29) is 0 Å². The van der Waals surface area contributed by atoms with Gasteiger partial charge in [0.25, 0.3) is 0 Å². The zero-order valence-corrected chi connectivity index (χ0v) is 10.8. The summed E-state index contributed by atoms with van der Waals surface area (Å²) in [5.41, 5.74) is 5.20. The first-order valence-electron chi connectivity index (χ1n) is 4.24. The van der Waals surface area contributed by atoms with Crippen LogP contribution >= 0.6 is 0 Å². The van der Waals surface area contributed by atoms with Gasteiger partial charge < -0.3 is 13.9 Å². The predicted molar refractivity (Wildman–Crippen MR) is 54.5 cm³/mol. The lowest BCUT2D eigenvalue weighted by molar-refractivity contribution is -0.124. The van der Waals surface area contributed by atoms with Crippen LogP contribution in [0.25, 0.3) is 0 Å². The minimum Gasteiger partial charge on any atom is -0.369 e. The number of amides is 1. The van der Waals surface area contributed by atoms with Gasteiger partial charge in [0.1, 0.15) is 0 Å². The van der Waals surface area contributed by atoms with E-state index in [9.17, 15) is 13.0 Å². The highest BCUT2D eigenvalue weighted by Crippen LogP contribution is 2.48. The van der Waals surface area contributed by atoms with Crippen molar-refractivity contribution in [3.63, 3.8) is 0 Å². The fraction of sp³-hybridized carbons (Fsp3) is 0.875. The summed E-state index contributed by atoms with van der Waals surface area (Å²) in [7, 11) is -1.86. The van der Waals surface area contributed by atoms with Crippen molar-refractivity contribution >= 4 is 25.6 Å². The molecule has 0 atom stereocenters. The second-order valence-corrected chi connectivity index (χ2v) is 7.42. The molecule has 0 spiro atoms. The van der Waals surface area contributed by atoms with Crippen LogP contribution in [0.3, 0.4) is 0 Å². The van der Waals surface area contributed by atoms with Crippen LogP contribution in [0.5, 0.6) is 0 Å². The Morgan fingerprint density at radius 3 is 1.57 bits per heavy atom. The third-order valence-corrected chi connectivity index (χ3v) is 3.77. The highest BCUT2D eigenvalue weighted by molar-refractivity contribution is 6.36. The minimum absolute atomic E-state index is 0.629. The van der Waals surface area contributed by atoms with Gasteiger partial charge in [-0.15, -0.1) is 0 Å². The monoisotopic (exact) mass is 235 g/mol. The SMILES string of the molecule is CC(C)([Si]F)C(C(N)=O)C(C)(C)[Si]F. The fourth-order valence-corrected chi connectivity index (χ4v) is 3.09. The van der Waals surface area contributed by atoms with Crippen molar-refractivity contribution in [2.45, 2.75) is 37.8 Å². The van der Waals surface area contributed by atoms with Crippen LogP contribution in [0.4, 0.5) is 8.22 Å². The smallest absolute Gasteiger partial charge is 0.301 e. The lowest BCUT2D eigenvalue weighted by Crippen LogP contribution is -2.42. The first-order chi connectivity index (χ1) is 6.19. The molecule has 1 amide bonds. The Morgan fingerprint density at radius 1 is 1.14 bits per heavy atom. The molecular weight excluding hydrogens is 220 g/mol. The molecule has 14 heavy (non-hydrogen) atoms. The van der Waals surface area contributed by atoms with Crippen LogP contribution < -0.4 is 5.73 Å². The number of hydrogen-bond acceptors (Lipinski definition) is 1. The summed E-state index contributed by atoms with van der Waals surface area (Å²) < 4.78 is 25.5. The van der Waals surface area contributed by atoms with Crippen LogP contribution in [0.1, 0.15) is 27.7 Å². The Hall–Kier alpha value is -0.236. The van der Waals surface area contributed by atoms with Crippen LogP contribution in [-0.4, -0.2) is 25.6 Å². The molecule has 0 heterocycles. The van der Waals surface area contributed by atoms with Gasteiger partial charge in [0.2, 0.25) is 5.91 Å². The lowest BCUT2D eigenvalue weighted by atomic mass is 9.83. The fourth-order valence-electron chi connectivity index (χ4n) is 1.72. The van der Waals surface area contributed by atoms with Gasteiger partial charge in [-0.3, -0.25) is 4.79 Å². The molecular formula is C8H15F2NOSi2. The molecule has 0 aromatic carbocycles. The Labute approximate surface area is 88.6 Å². The van der Waals surface area contributed by atoms with Crippen molar-refractivity contribution in [2.75, 3.05) is 0 Å². The van der Waals surface area contributed by atoms with E-state index < -0.39 is 41.6 Å². The van der Waals surface area contributed by atoms with Gasteiger partial charge in [-0.25, -0.2) is 0 Å². The summed E-state index contributed by atoms with van der Waals surface area (Å²) in [5, 5.41) is -1.76. The van der Waals surface area contributed by atoms with Gasteiger partial charge in [0.15, 0.2) is 0 Å². The largest absolute Gasteiger partial charge is 0.369 e. The maximum Gasteiger partial charge on any atom is 0.301 e. The number of hydrogen-bond donors (Lipinski definition) is 1. The third kappa shape index (κ3) is 2.88. The molecule has 0 aliphatic rings. The first-order valence-corrected chi connectivity index (χ1v) is 5.99. The number of halogens is 2. The molecule has 0 rings (SSSR count). The molecule has 80 valence electrons. The van der Waals surface area contributed by atoms with Crippen molar-refractivity contribution in [3.8, 4) is 0 Å². The van der Waals surface area contributed by atoms with Crippen LogP contribution in [0, 0.1) is 5.92 Å². The number of rotatable bonds is 5. The first kappa shape index (κ1) is 13.8. The molecule has 4 radical (unpaired) electrons. The van der Waals surface area contributed by atoms with Crippen LogP contribution in [-0.2, 0) is 4.79 Å². The summed E-state index contributed by atoms with van der Waals surface area (Å²) in [6.07, 6.45) is 0. The number of primary amides is 1. The quantitative estimate of drug-likeness (QED) is 0.571. The Balaban J connectivity index is 5.06. The van der Waals surface area contributed by atoms with Crippen molar-refractivity contribution in [1.82, 2.24) is 0 Å². The van der Waals surface area contributed by atoms with Crippen LogP contribution in [0.2, 0.25) is 10.1 Å². The Morgan fingerprint density at radius 2 is 1.43 bits per heavy atom. The summed E-state index contributed by atoms with van der Waals surface area (Å²) in [6, 6.07) is 0. The van der Waals surface area contributed by atoms with E-state index in [1.165, 1.54) is 0 Å². The second-order valence-electron chi connectivity index (χ2n) is 4.47. The van der Waals surface area contributed by atoms with E-state index in [0.717, 1.165) is 0 Å². The molecule has 0 saturated carbocycles. The summed E-state index contributed by atoms with van der Waals surface area (Å²) in [5.74, 6) is -1.41. The van der Waals surface area contributed by atoms with E-state index in [1.54, 1.807) is 27.7 Å². The lowest BCUT2D eigenvalue weighted by Gasteiger charge is -2.38. The van der Waals surface area contributed by atoms with Gasteiger partial charge in [0, 0.05) is 16.0 Å². The molecule has 0 aromatic rings. The molecule has 2 N–H and O–H groups in total. The second kappa shape index (κ2) is 4.52. The van der Waals surface area contributed by atoms with Gasteiger partial charge >= 0.3 is 19.7 Å². The predicted octanol–water partition coefficient (Wildman–Crippen LogP) is 1.66. The van der Waals surface area contributed by atoms with Crippen molar-refractivity contribution in [3.05, 3.63) is 0 Å². The standard InChI is InChI=1S/C8H15F2NOSi2/c1-7(2,13-9)5(6(11)12)8(3,4)14-10/h5H,1-4H3,(H2,11,12). The maximum atomic E-state index is 12.7. The number of carbonyl (C=O) groups is 1. The van der Waals surface area contributed by atoms with Gasteiger partial charge in [0.05, 0.1) is 0 Å². The molecule has 0 unspecified atom stereocenters. The number of nitrogens with two attached hydrogens (primary N) is 1. The molecule has 0 bridgehead atoms. The van der Waals surface area contributed by atoms with E-state index in [0.29, 0.717) is 0 Å². The maximum absolute atomic E-state index is 12.7. The van der Waals surface area contributed by atoms with Crippen molar-refractivity contribution in [1.29, 1.82) is 0 Å². The minimum atomic E-state index is -0.929. The summed E-state index contributed by atoms with van der Waals surface area (Å²) >= 11 is 0.